The van der Waals surface area contributed by atoms with Crippen LogP contribution in [0.2, 0.25) is 0 Å². The third-order valence-corrected chi connectivity index (χ3v) is 3.52. The Morgan fingerprint density at radius 3 is 2.44 bits per heavy atom. The molecule has 0 amide bonds. The van der Waals surface area contributed by atoms with E-state index in [2.05, 4.69) is 32.6 Å². The average molecular weight is 248 g/mol. The molecule has 18 heavy (non-hydrogen) atoms. The number of halogens is 1. The first-order valence-corrected chi connectivity index (χ1v) is 6.14. The highest BCUT2D eigenvalue weighted by Gasteiger charge is 2.24. The zero-order valence-electron chi connectivity index (χ0n) is 11.8. The molecule has 0 radical (unpaired) electrons. The third kappa shape index (κ3) is 3.54. The molecule has 3 heteroatoms. The Hall–Kier alpha value is -1.40. The lowest BCUT2D eigenvalue weighted by Crippen LogP contribution is -2.38. The molecule has 98 valence electrons. The first kappa shape index (κ1) is 14.7. The van der Waals surface area contributed by atoms with Crippen molar-refractivity contribution in [2.24, 2.45) is 5.41 Å². The van der Waals surface area contributed by atoms with Crippen LogP contribution in [-0.4, -0.2) is 18.0 Å². The van der Waals surface area contributed by atoms with Crippen molar-refractivity contribution in [1.82, 2.24) is 4.90 Å². The fraction of sp³-hybridized carbons (Fsp3) is 0.533. The van der Waals surface area contributed by atoms with E-state index in [0.717, 1.165) is 0 Å². The van der Waals surface area contributed by atoms with Crippen molar-refractivity contribution in [2.75, 3.05) is 7.05 Å². The molecule has 0 aromatic heterocycles. The maximum absolute atomic E-state index is 13.8. The zero-order valence-corrected chi connectivity index (χ0v) is 11.8. The Bertz CT molecular complexity index is 455. The topological polar surface area (TPSA) is 27.0 Å². The molecule has 0 N–H and O–H groups in total. The molecule has 0 saturated heterocycles. The van der Waals surface area contributed by atoms with Crippen LogP contribution in [0.3, 0.4) is 0 Å². The smallest absolute Gasteiger partial charge is 0.129 e. The van der Waals surface area contributed by atoms with Gasteiger partial charge in [0.1, 0.15) is 5.82 Å². The number of hydrogen-bond donors (Lipinski definition) is 0. The lowest BCUT2D eigenvalue weighted by molar-refractivity contribution is 0.133. The monoisotopic (exact) mass is 248 g/mol. The molecule has 0 fully saturated rings. The van der Waals surface area contributed by atoms with Crippen LogP contribution < -0.4 is 0 Å². The molecule has 1 aromatic carbocycles. The number of nitriles is 1. The van der Waals surface area contributed by atoms with Gasteiger partial charge in [0.2, 0.25) is 0 Å². The molecule has 0 heterocycles. The minimum atomic E-state index is -0.304. The van der Waals surface area contributed by atoms with E-state index >= 15 is 0 Å². The van der Waals surface area contributed by atoms with Crippen molar-refractivity contribution in [1.29, 1.82) is 5.26 Å². The van der Waals surface area contributed by atoms with Gasteiger partial charge >= 0.3 is 0 Å². The molecular weight excluding hydrogens is 227 g/mol. The van der Waals surface area contributed by atoms with Crippen LogP contribution >= 0.6 is 0 Å². The zero-order chi connectivity index (χ0) is 13.9. The Morgan fingerprint density at radius 1 is 1.39 bits per heavy atom. The lowest BCUT2D eigenvalue weighted by atomic mass is 9.87. The van der Waals surface area contributed by atoms with Gasteiger partial charge in [0, 0.05) is 18.2 Å². The fourth-order valence-electron chi connectivity index (χ4n) is 1.81. The van der Waals surface area contributed by atoms with E-state index in [4.69, 9.17) is 5.26 Å². The van der Waals surface area contributed by atoms with Crippen LogP contribution in [0.1, 0.15) is 38.8 Å². The summed E-state index contributed by atoms with van der Waals surface area (Å²) in [6, 6.07) is 6.93. The predicted octanol–water partition coefficient (Wildman–Crippen LogP) is 3.56. The molecular formula is C15H21FN2. The normalized spacial score (nSPS) is 13.4. The number of hydrogen-bond acceptors (Lipinski definition) is 2. The summed E-state index contributed by atoms with van der Waals surface area (Å²) in [5.74, 6) is -0.304. The van der Waals surface area contributed by atoms with Crippen LogP contribution in [0.25, 0.3) is 0 Å². The van der Waals surface area contributed by atoms with Gasteiger partial charge in [-0.15, -0.1) is 0 Å². The molecule has 0 spiro atoms. The van der Waals surface area contributed by atoms with Gasteiger partial charge in [0.05, 0.1) is 11.6 Å². The molecule has 1 rings (SSSR count). The van der Waals surface area contributed by atoms with Gasteiger partial charge in [-0.25, -0.2) is 4.39 Å². The van der Waals surface area contributed by atoms with E-state index in [-0.39, 0.29) is 11.2 Å². The van der Waals surface area contributed by atoms with Crippen molar-refractivity contribution < 1.29 is 4.39 Å². The van der Waals surface area contributed by atoms with Crippen molar-refractivity contribution in [3.63, 3.8) is 0 Å². The summed E-state index contributed by atoms with van der Waals surface area (Å²) in [5, 5.41) is 8.70. The van der Waals surface area contributed by atoms with Gasteiger partial charge in [-0.3, -0.25) is 4.90 Å². The largest absolute Gasteiger partial charge is 0.299 e. The molecule has 1 atom stereocenters. The highest BCUT2D eigenvalue weighted by Crippen LogP contribution is 2.24. The maximum atomic E-state index is 13.8. The second kappa shape index (κ2) is 5.49. The molecule has 0 bridgehead atoms. The van der Waals surface area contributed by atoms with Crippen molar-refractivity contribution in [3.05, 3.63) is 35.1 Å². The SMILES string of the molecule is CC(N(C)Cc1ccc(C#N)cc1F)C(C)(C)C. The Morgan fingerprint density at radius 2 is 2.00 bits per heavy atom. The van der Waals surface area contributed by atoms with E-state index in [0.29, 0.717) is 23.7 Å². The standard InChI is InChI=1S/C15H21FN2/c1-11(15(2,3)4)18(5)10-13-7-6-12(9-17)8-14(13)16/h6-8,11H,10H2,1-5H3. The highest BCUT2D eigenvalue weighted by atomic mass is 19.1. The van der Waals surface area contributed by atoms with E-state index in [9.17, 15) is 4.39 Å². The van der Waals surface area contributed by atoms with Crippen LogP contribution in [0.15, 0.2) is 18.2 Å². The fourth-order valence-corrected chi connectivity index (χ4v) is 1.81. The Kier molecular flexibility index (Phi) is 4.48. The molecule has 2 nitrogen and oxygen atoms in total. The summed E-state index contributed by atoms with van der Waals surface area (Å²) < 4.78 is 13.8. The second-order valence-electron chi connectivity index (χ2n) is 5.88. The number of benzene rings is 1. The Labute approximate surface area is 109 Å². The molecule has 0 aliphatic heterocycles. The van der Waals surface area contributed by atoms with Crippen molar-refractivity contribution in [3.8, 4) is 6.07 Å². The van der Waals surface area contributed by atoms with Crippen molar-refractivity contribution >= 4 is 0 Å². The molecule has 0 aliphatic rings. The second-order valence-corrected chi connectivity index (χ2v) is 5.88. The summed E-state index contributed by atoms with van der Waals surface area (Å²) in [5.41, 5.74) is 1.15. The van der Waals surface area contributed by atoms with Crippen LogP contribution in [0.5, 0.6) is 0 Å². The molecule has 0 aliphatic carbocycles. The quantitative estimate of drug-likeness (QED) is 0.817. The van der Waals surface area contributed by atoms with E-state index in [1.807, 2.05) is 13.1 Å². The summed E-state index contributed by atoms with van der Waals surface area (Å²) in [6.45, 7) is 9.20. The van der Waals surface area contributed by atoms with E-state index in [1.165, 1.54) is 6.07 Å². The average Bonchev–Trinajstić information content (AvgIpc) is 2.29. The van der Waals surface area contributed by atoms with Gasteiger partial charge < -0.3 is 0 Å². The van der Waals surface area contributed by atoms with Gasteiger partial charge in [-0.2, -0.15) is 5.26 Å². The van der Waals surface area contributed by atoms with Crippen molar-refractivity contribution in [2.45, 2.75) is 40.3 Å². The van der Waals surface area contributed by atoms with Gasteiger partial charge in [-0.1, -0.05) is 26.8 Å². The minimum absolute atomic E-state index is 0.151. The van der Waals surface area contributed by atoms with Crippen LogP contribution in [0.4, 0.5) is 4.39 Å². The summed E-state index contributed by atoms with van der Waals surface area (Å²) in [4.78, 5) is 2.13. The first-order valence-electron chi connectivity index (χ1n) is 6.14. The van der Waals surface area contributed by atoms with Crippen LogP contribution in [-0.2, 0) is 6.54 Å². The maximum Gasteiger partial charge on any atom is 0.129 e. The highest BCUT2D eigenvalue weighted by molar-refractivity contribution is 5.32. The lowest BCUT2D eigenvalue weighted by Gasteiger charge is -2.35. The first-order chi connectivity index (χ1) is 8.25. The van der Waals surface area contributed by atoms with E-state index in [1.54, 1.807) is 12.1 Å². The van der Waals surface area contributed by atoms with E-state index < -0.39 is 0 Å². The predicted molar refractivity (Wildman–Crippen MR) is 71.5 cm³/mol. The molecule has 0 saturated carbocycles. The minimum Gasteiger partial charge on any atom is -0.299 e. The van der Waals surface area contributed by atoms with Gasteiger partial charge in [-0.05, 0) is 31.5 Å². The summed E-state index contributed by atoms with van der Waals surface area (Å²) in [6.07, 6.45) is 0. The Balaban J connectivity index is 2.83. The van der Waals surface area contributed by atoms with Gasteiger partial charge in [0.15, 0.2) is 0 Å². The molecule has 1 aromatic rings. The third-order valence-electron chi connectivity index (χ3n) is 3.52. The van der Waals surface area contributed by atoms with Gasteiger partial charge in [0.25, 0.3) is 0 Å². The van der Waals surface area contributed by atoms with Crippen LogP contribution in [0, 0.1) is 22.6 Å². The summed E-state index contributed by atoms with van der Waals surface area (Å²) in [7, 11) is 1.99. The number of nitrogens with zero attached hydrogens (tertiary/aromatic N) is 2. The number of rotatable bonds is 3. The summed E-state index contributed by atoms with van der Waals surface area (Å²) >= 11 is 0. The molecule has 1 unspecified atom stereocenters.